The minimum atomic E-state index is -0.320. The molecule has 0 saturated heterocycles. The number of halogens is 1. The number of hydrogen-bond donors (Lipinski definition) is 2. The Labute approximate surface area is 91.8 Å². The number of nitrogens with one attached hydrogen (secondary N) is 2. The summed E-state index contributed by atoms with van der Waals surface area (Å²) >= 11 is 5.60. The molecule has 0 aliphatic rings. The summed E-state index contributed by atoms with van der Waals surface area (Å²) in [5, 5.41) is 5.20. The van der Waals surface area contributed by atoms with Crippen LogP contribution in [0.4, 0.5) is 0 Å². The minimum absolute atomic E-state index is 0.0621. The molecule has 0 saturated carbocycles. The third kappa shape index (κ3) is 3.63. The summed E-state index contributed by atoms with van der Waals surface area (Å²) < 4.78 is 4.77. The van der Waals surface area contributed by atoms with Crippen molar-refractivity contribution in [2.75, 3.05) is 13.1 Å². The molecule has 2 N–H and O–H groups in total. The first kappa shape index (κ1) is 11.6. The Hall–Kier alpha value is -1.49. The average molecular weight is 231 g/mol. The van der Waals surface area contributed by atoms with Crippen LogP contribution in [-0.2, 0) is 4.79 Å². The topological polar surface area (TPSA) is 71.3 Å². The van der Waals surface area contributed by atoms with Crippen LogP contribution in [-0.4, -0.2) is 24.9 Å². The molecule has 2 amide bonds. The second-order valence-corrected chi connectivity index (χ2v) is 3.19. The summed E-state index contributed by atoms with van der Waals surface area (Å²) in [6, 6.07) is 1.48. The van der Waals surface area contributed by atoms with E-state index in [0.29, 0.717) is 18.7 Å². The van der Waals surface area contributed by atoms with E-state index in [0.717, 1.165) is 0 Å². The van der Waals surface area contributed by atoms with Crippen LogP contribution in [0.5, 0.6) is 0 Å². The van der Waals surface area contributed by atoms with Crippen LogP contribution in [0.15, 0.2) is 16.7 Å². The maximum atomic E-state index is 11.4. The summed E-state index contributed by atoms with van der Waals surface area (Å²) in [5.74, 6) is -0.454. The van der Waals surface area contributed by atoms with Gasteiger partial charge in [0, 0.05) is 20.0 Å². The zero-order chi connectivity index (χ0) is 11.3. The van der Waals surface area contributed by atoms with E-state index in [4.69, 9.17) is 16.0 Å². The van der Waals surface area contributed by atoms with Gasteiger partial charge in [-0.3, -0.25) is 9.59 Å². The third-order valence-corrected chi connectivity index (χ3v) is 1.94. The Bertz CT molecular complexity index is 362. The predicted molar refractivity (Wildman–Crippen MR) is 54.7 cm³/mol. The zero-order valence-electron chi connectivity index (χ0n) is 8.17. The molecule has 0 unspecified atom stereocenters. The van der Waals surface area contributed by atoms with Gasteiger partial charge >= 0.3 is 0 Å². The van der Waals surface area contributed by atoms with Crippen molar-refractivity contribution >= 4 is 23.4 Å². The van der Waals surface area contributed by atoms with E-state index in [1.165, 1.54) is 19.3 Å². The average Bonchev–Trinajstić information content (AvgIpc) is 2.58. The van der Waals surface area contributed by atoms with Gasteiger partial charge in [0.05, 0.1) is 11.8 Å². The van der Waals surface area contributed by atoms with Gasteiger partial charge in [0.25, 0.3) is 5.91 Å². The van der Waals surface area contributed by atoms with Crippen LogP contribution in [0.3, 0.4) is 0 Å². The Morgan fingerprint density at radius 1 is 1.40 bits per heavy atom. The van der Waals surface area contributed by atoms with Crippen molar-refractivity contribution in [1.29, 1.82) is 0 Å². The highest BCUT2D eigenvalue weighted by Gasteiger charge is 2.11. The molecule has 0 atom stereocenters. The highest BCUT2D eigenvalue weighted by atomic mass is 35.5. The van der Waals surface area contributed by atoms with Crippen LogP contribution in [0, 0.1) is 0 Å². The van der Waals surface area contributed by atoms with E-state index >= 15 is 0 Å². The maximum Gasteiger partial charge on any atom is 0.256 e. The van der Waals surface area contributed by atoms with Gasteiger partial charge in [0.15, 0.2) is 0 Å². The number of rotatable bonds is 4. The second-order valence-electron chi connectivity index (χ2n) is 2.85. The van der Waals surface area contributed by atoms with Gasteiger partial charge in [0.1, 0.15) is 0 Å². The molecule has 0 aromatic carbocycles. The van der Waals surface area contributed by atoms with Gasteiger partial charge in [-0.05, 0) is 17.7 Å². The largest absolute Gasteiger partial charge is 0.452 e. The quantitative estimate of drug-likeness (QED) is 0.752. The standard InChI is InChI=1S/C9H11ClN2O3/c1-6(13)11-3-4-12-9(14)7-2-5-15-8(7)10/h2,5H,3-4H2,1H3,(H,11,13)(H,12,14). The molecule has 0 aliphatic heterocycles. The fraction of sp³-hybridized carbons (Fsp3) is 0.333. The normalized spacial score (nSPS) is 9.73. The summed E-state index contributed by atoms with van der Waals surface area (Å²) in [6.45, 7) is 2.14. The lowest BCUT2D eigenvalue weighted by Gasteiger charge is -2.03. The van der Waals surface area contributed by atoms with E-state index in [1.807, 2.05) is 0 Å². The third-order valence-electron chi connectivity index (χ3n) is 1.65. The van der Waals surface area contributed by atoms with E-state index in [9.17, 15) is 9.59 Å². The van der Waals surface area contributed by atoms with Crippen molar-refractivity contribution in [2.24, 2.45) is 0 Å². The molecule has 0 spiro atoms. The molecule has 15 heavy (non-hydrogen) atoms. The van der Waals surface area contributed by atoms with Crippen molar-refractivity contribution in [3.63, 3.8) is 0 Å². The lowest BCUT2D eigenvalue weighted by atomic mass is 10.3. The van der Waals surface area contributed by atoms with Gasteiger partial charge in [-0.15, -0.1) is 0 Å². The van der Waals surface area contributed by atoms with E-state index in [1.54, 1.807) is 0 Å². The molecule has 1 heterocycles. The summed E-state index contributed by atoms with van der Waals surface area (Å²) in [7, 11) is 0. The van der Waals surface area contributed by atoms with Gasteiger partial charge in [-0.1, -0.05) is 0 Å². The van der Waals surface area contributed by atoms with Crippen molar-refractivity contribution in [1.82, 2.24) is 10.6 Å². The summed E-state index contributed by atoms with van der Waals surface area (Å²) in [5.41, 5.74) is 0.291. The first-order valence-electron chi connectivity index (χ1n) is 4.37. The Morgan fingerprint density at radius 2 is 2.07 bits per heavy atom. The van der Waals surface area contributed by atoms with E-state index < -0.39 is 0 Å². The second kappa shape index (κ2) is 5.41. The van der Waals surface area contributed by atoms with Crippen LogP contribution >= 0.6 is 11.6 Å². The molecule has 82 valence electrons. The molecule has 5 nitrogen and oxygen atoms in total. The van der Waals surface area contributed by atoms with Crippen LogP contribution in [0.2, 0.25) is 5.22 Å². The molecule has 1 aromatic heterocycles. The van der Waals surface area contributed by atoms with Crippen LogP contribution in [0.1, 0.15) is 17.3 Å². The van der Waals surface area contributed by atoms with Crippen LogP contribution in [0.25, 0.3) is 0 Å². The maximum absolute atomic E-state index is 11.4. The number of hydrogen-bond acceptors (Lipinski definition) is 3. The first-order valence-corrected chi connectivity index (χ1v) is 4.74. The molecular formula is C9H11ClN2O3. The summed E-state index contributed by atoms with van der Waals surface area (Å²) in [6.07, 6.45) is 1.34. The van der Waals surface area contributed by atoms with Crippen molar-refractivity contribution in [3.05, 3.63) is 23.1 Å². The molecular weight excluding hydrogens is 220 g/mol. The van der Waals surface area contributed by atoms with E-state index in [-0.39, 0.29) is 17.0 Å². The Balaban J connectivity index is 2.31. The molecule has 6 heteroatoms. The van der Waals surface area contributed by atoms with Crippen molar-refractivity contribution < 1.29 is 14.0 Å². The molecule has 0 aliphatic carbocycles. The monoisotopic (exact) mass is 230 g/mol. The lowest BCUT2D eigenvalue weighted by molar-refractivity contribution is -0.118. The highest BCUT2D eigenvalue weighted by Crippen LogP contribution is 2.15. The van der Waals surface area contributed by atoms with Crippen molar-refractivity contribution in [2.45, 2.75) is 6.92 Å². The fourth-order valence-corrected chi connectivity index (χ4v) is 1.17. The Kier molecular flexibility index (Phi) is 4.17. The molecule has 0 fully saturated rings. The number of carbonyl (C=O) groups excluding carboxylic acids is 2. The SMILES string of the molecule is CC(=O)NCCNC(=O)c1ccoc1Cl. The fourth-order valence-electron chi connectivity index (χ4n) is 0.966. The van der Waals surface area contributed by atoms with Gasteiger partial charge in [-0.25, -0.2) is 0 Å². The molecule has 1 aromatic rings. The van der Waals surface area contributed by atoms with Crippen molar-refractivity contribution in [3.8, 4) is 0 Å². The van der Waals surface area contributed by atoms with Gasteiger partial charge < -0.3 is 15.1 Å². The highest BCUT2D eigenvalue weighted by molar-refractivity contribution is 6.32. The number of amides is 2. The zero-order valence-corrected chi connectivity index (χ0v) is 8.93. The minimum Gasteiger partial charge on any atom is -0.452 e. The number of furan rings is 1. The lowest BCUT2D eigenvalue weighted by Crippen LogP contribution is -2.33. The van der Waals surface area contributed by atoms with E-state index in [2.05, 4.69) is 10.6 Å². The van der Waals surface area contributed by atoms with Gasteiger partial charge in [-0.2, -0.15) is 0 Å². The molecule has 1 rings (SSSR count). The summed E-state index contributed by atoms with van der Waals surface area (Å²) in [4.78, 5) is 21.9. The Morgan fingerprint density at radius 3 is 2.60 bits per heavy atom. The first-order chi connectivity index (χ1) is 7.11. The van der Waals surface area contributed by atoms with Crippen LogP contribution < -0.4 is 10.6 Å². The predicted octanol–water partition coefficient (Wildman–Crippen LogP) is 0.799. The molecule has 0 bridgehead atoms. The molecule has 0 radical (unpaired) electrons. The number of carbonyl (C=O) groups is 2. The van der Waals surface area contributed by atoms with Gasteiger partial charge in [0.2, 0.25) is 11.1 Å². The smallest absolute Gasteiger partial charge is 0.256 e.